The number of nitrogens with zero attached hydrogens (tertiary/aromatic N) is 1. The van der Waals surface area contributed by atoms with Gasteiger partial charge < -0.3 is 0 Å². The molecule has 6 heteroatoms. The van der Waals surface area contributed by atoms with Crippen molar-refractivity contribution in [1.29, 1.82) is 0 Å². The molecule has 1 heterocycles. The number of hydrogen-bond acceptors (Lipinski definition) is 3. The molecule has 0 unspecified atom stereocenters. The minimum Gasteiger partial charge on any atom is -0.207 e. The quantitative estimate of drug-likeness (QED) is 0.771. The fourth-order valence-electron chi connectivity index (χ4n) is 2.23. The van der Waals surface area contributed by atoms with Gasteiger partial charge in [0, 0.05) is 18.5 Å². The maximum Gasteiger partial charge on any atom is 0.244 e. The minimum atomic E-state index is -3.52. The van der Waals surface area contributed by atoms with Crippen molar-refractivity contribution in [2.75, 3.05) is 7.05 Å². The van der Waals surface area contributed by atoms with Crippen LogP contribution in [0.5, 0.6) is 0 Å². The summed E-state index contributed by atoms with van der Waals surface area (Å²) >= 11 is 7.26. The van der Waals surface area contributed by atoms with Crippen molar-refractivity contribution in [2.45, 2.75) is 31.2 Å². The van der Waals surface area contributed by atoms with E-state index in [9.17, 15) is 8.42 Å². The molecule has 1 aromatic carbocycles. The number of rotatable bonds is 5. The van der Waals surface area contributed by atoms with E-state index in [1.165, 1.54) is 15.6 Å². The maximum absolute atomic E-state index is 12.8. The van der Waals surface area contributed by atoms with E-state index in [-0.39, 0.29) is 5.88 Å². The molecule has 0 spiro atoms. The lowest BCUT2D eigenvalue weighted by Crippen LogP contribution is -2.27. The molecule has 0 aliphatic rings. The summed E-state index contributed by atoms with van der Waals surface area (Å²) in [5, 5.41) is 1.84. The first-order valence-corrected chi connectivity index (χ1v) is 9.36. The third-order valence-corrected chi connectivity index (χ3v) is 6.96. The van der Waals surface area contributed by atoms with E-state index in [0.717, 1.165) is 16.7 Å². The summed E-state index contributed by atoms with van der Waals surface area (Å²) in [6, 6.07) is 7.86. The zero-order valence-corrected chi connectivity index (χ0v) is 14.6. The van der Waals surface area contributed by atoms with E-state index >= 15 is 0 Å². The highest BCUT2D eigenvalue weighted by atomic mass is 35.5. The topological polar surface area (TPSA) is 37.4 Å². The molecule has 0 amide bonds. The predicted molar refractivity (Wildman–Crippen MR) is 88.4 cm³/mol. The first-order chi connectivity index (χ1) is 9.86. The number of benzene rings is 1. The zero-order valence-electron chi connectivity index (χ0n) is 12.3. The molecule has 1 aromatic heterocycles. The monoisotopic (exact) mass is 343 g/mol. The lowest BCUT2D eigenvalue weighted by atomic mass is 10.1. The van der Waals surface area contributed by atoms with Crippen LogP contribution in [0.25, 0.3) is 0 Å². The van der Waals surface area contributed by atoms with Crippen molar-refractivity contribution >= 4 is 33.0 Å². The number of sulfonamides is 1. The normalized spacial score (nSPS) is 12.0. The van der Waals surface area contributed by atoms with Gasteiger partial charge in [0.25, 0.3) is 0 Å². The number of alkyl halides is 1. The van der Waals surface area contributed by atoms with Crippen LogP contribution in [0.2, 0.25) is 0 Å². The predicted octanol–water partition coefficient (Wildman–Crippen LogP) is 3.92. The molecular weight excluding hydrogens is 326 g/mol. The van der Waals surface area contributed by atoms with Gasteiger partial charge in [0.15, 0.2) is 0 Å². The van der Waals surface area contributed by atoms with Crippen LogP contribution in [-0.4, -0.2) is 19.8 Å². The first-order valence-electron chi connectivity index (χ1n) is 6.51. The fraction of sp³-hybridized carbons (Fsp3) is 0.333. The Kier molecular flexibility index (Phi) is 5.09. The van der Waals surface area contributed by atoms with Crippen LogP contribution >= 0.6 is 22.9 Å². The molecule has 2 rings (SSSR count). The molecule has 114 valence electrons. The van der Waals surface area contributed by atoms with Gasteiger partial charge >= 0.3 is 0 Å². The van der Waals surface area contributed by atoms with E-state index in [1.807, 2.05) is 36.6 Å². The van der Waals surface area contributed by atoms with Crippen molar-refractivity contribution in [2.24, 2.45) is 0 Å². The Balaban J connectivity index is 2.33. The van der Waals surface area contributed by atoms with Crippen molar-refractivity contribution in [3.8, 4) is 0 Å². The standard InChI is InChI=1S/C15H18ClNO2S2/c1-11-5-4-6-13(7-11)9-17(3)21(18,19)15-12(2)10-20-14(15)8-16/h4-7,10H,8-9H2,1-3H3. The van der Waals surface area contributed by atoms with E-state index in [0.29, 0.717) is 16.3 Å². The second kappa shape index (κ2) is 6.48. The van der Waals surface area contributed by atoms with Gasteiger partial charge in [0.2, 0.25) is 10.0 Å². The smallest absolute Gasteiger partial charge is 0.207 e. The van der Waals surface area contributed by atoms with Crippen molar-refractivity contribution in [1.82, 2.24) is 4.31 Å². The molecular formula is C15H18ClNO2S2. The van der Waals surface area contributed by atoms with Crippen molar-refractivity contribution in [3.05, 3.63) is 51.2 Å². The summed E-state index contributed by atoms with van der Waals surface area (Å²) in [5.41, 5.74) is 2.85. The van der Waals surface area contributed by atoms with Gasteiger partial charge in [-0.05, 0) is 30.4 Å². The Morgan fingerprint density at radius 3 is 2.62 bits per heavy atom. The van der Waals surface area contributed by atoms with Gasteiger partial charge in [-0.1, -0.05) is 29.8 Å². The van der Waals surface area contributed by atoms with Gasteiger partial charge in [0.05, 0.1) is 5.88 Å². The highest BCUT2D eigenvalue weighted by molar-refractivity contribution is 7.89. The summed E-state index contributed by atoms with van der Waals surface area (Å²) < 4.78 is 26.9. The second-order valence-electron chi connectivity index (χ2n) is 5.05. The fourth-order valence-corrected chi connectivity index (χ4v) is 5.40. The van der Waals surface area contributed by atoms with Crippen LogP contribution in [-0.2, 0) is 22.4 Å². The van der Waals surface area contributed by atoms with Crippen LogP contribution < -0.4 is 0 Å². The largest absolute Gasteiger partial charge is 0.244 e. The second-order valence-corrected chi connectivity index (χ2v) is 8.27. The van der Waals surface area contributed by atoms with Crippen molar-refractivity contribution < 1.29 is 8.42 Å². The van der Waals surface area contributed by atoms with Gasteiger partial charge in [-0.25, -0.2) is 8.42 Å². The molecule has 0 N–H and O–H groups in total. The van der Waals surface area contributed by atoms with Crippen LogP contribution in [0.4, 0.5) is 0 Å². The number of aryl methyl sites for hydroxylation is 2. The Morgan fingerprint density at radius 1 is 1.29 bits per heavy atom. The lowest BCUT2D eigenvalue weighted by Gasteiger charge is -2.18. The lowest BCUT2D eigenvalue weighted by molar-refractivity contribution is 0.466. The summed E-state index contributed by atoms with van der Waals surface area (Å²) in [4.78, 5) is 1.06. The van der Waals surface area contributed by atoms with Gasteiger partial charge in [0.1, 0.15) is 4.90 Å². The summed E-state index contributed by atoms with van der Waals surface area (Å²) in [6.45, 7) is 4.15. The number of hydrogen-bond donors (Lipinski definition) is 0. The Bertz CT molecular complexity index is 738. The molecule has 0 atom stereocenters. The molecule has 0 aliphatic carbocycles. The molecule has 21 heavy (non-hydrogen) atoms. The SMILES string of the molecule is Cc1cccc(CN(C)S(=O)(=O)c2c(C)csc2CCl)c1. The Hall–Kier alpha value is -0.880. The molecule has 0 saturated carbocycles. The van der Waals surface area contributed by atoms with Gasteiger partial charge in [-0.2, -0.15) is 4.31 Å². The molecule has 0 fully saturated rings. The Labute approximate surface area is 135 Å². The molecule has 2 aromatic rings. The Morgan fingerprint density at radius 2 is 2.00 bits per heavy atom. The average molecular weight is 344 g/mol. The minimum absolute atomic E-state index is 0.214. The first kappa shape index (κ1) is 16.5. The summed E-state index contributed by atoms with van der Waals surface area (Å²) in [6.07, 6.45) is 0. The van der Waals surface area contributed by atoms with Gasteiger partial charge in [-0.3, -0.25) is 0 Å². The molecule has 0 radical (unpaired) electrons. The van der Waals surface area contributed by atoms with Crippen LogP contribution in [0.3, 0.4) is 0 Å². The third-order valence-electron chi connectivity index (χ3n) is 3.27. The van der Waals surface area contributed by atoms with Crippen molar-refractivity contribution in [3.63, 3.8) is 0 Å². The molecule has 0 saturated heterocycles. The highest BCUT2D eigenvalue weighted by Gasteiger charge is 2.27. The molecule has 3 nitrogen and oxygen atoms in total. The number of halogens is 1. The van der Waals surface area contributed by atoms with E-state index < -0.39 is 10.0 Å². The number of thiophene rings is 1. The molecule has 0 bridgehead atoms. The van der Waals surface area contributed by atoms with Gasteiger partial charge in [-0.15, -0.1) is 22.9 Å². The molecule has 0 aliphatic heterocycles. The summed E-state index contributed by atoms with van der Waals surface area (Å²) in [5.74, 6) is 0.214. The van der Waals surface area contributed by atoms with E-state index in [1.54, 1.807) is 14.0 Å². The highest BCUT2D eigenvalue weighted by Crippen LogP contribution is 2.30. The van der Waals surface area contributed by atoms with Crippen LogP contribution in [0.1, 0.15) is 21.6 Å². The van der Waals surface area contributed by atoms with E-state index in [2.05, 4.69) is 0 Å². The zero-order chi connectivity index (χ0) is 15.6. The maximum atomic E-state index is 12.8. The summed E-state index contributed by atoms with van der Waals surface area (Å²) in [7, 11) is -1.92. The van der Waals surface area contributed by atoms with Crippen LogP contribution in [0, 0.1) is 13.8 Å². The van der Waals surface area contributed by atoms with Crippen LogP contribution in [0.15, 0.2) is 34.5 Å². The average Bonchev–Trinajstić information content (AvgIpc) is 2.80. The van der Waals surface area contributed by atoms with E-state index in [4.69, 9.17) is 11.6 Å². The third kappa shape index (κ3) is 3.48.